The van der Waals surface area contributed by atoms with Crippen molar-refractivity contribution in [1.82, 2.24) is 25.5 Å². The Morgan fingerprint density at radius 3 is 2.52 bits per heavy atom. The van der Waals surface area contributed by atoms with Gasteiger partial charge >= 0.3 is 0 Å². The number of hydrogen-bond acceptors (Lipinski definition) is 7. The molecule has 1 fully saturated rings. The predicted octanol–water partition coefficient (Wildman–Crippen LogP) is 5.45. The van der Waals surface area contributed by atoms with E-state index in [9.17, 15) is 14.7 Å². The van der Waals surface area contributed by atoms with Crippen LogP contribution in [0.2, 0.25) is 0 Å². The van der Waals surface area contributed by atoms with E-state index in [2.05, 4.69) is 47.4 Å². The Bertz CT molecular complexity index is 1640. The van der Waals surface area contributed by atoms with E-state index in [0.717, 1.165) is 40.8 Å². The van der Waals surface area contributed by atoms with Gasteiger partial charge in [0.15, 0.2) is 0 Å². The molecule has 3 heterocycles. The summed E-state index contributed by atoms with van der Waals surface area (Å²) in [6.07, 6.45) is 6.50. The number of pyridine rings is 1. The van der Waals surface area contributed by atoms with Crippen molar-refractivity contribution in [2.24, 2.45) is 0 Å². The highest BCUT2D eigenvalue weighted by Gasteiger charge is 2.34. The minimum Gasteiger partial charge on any atom is -0.446 e. The first-order valence-electron chi connectivity index (χ1n) is 16.0. The Balaban J connectivity index is 1.29. The second-order valence-electron chi connectivity index (χ2n) is 13.4. The molecule has 0 saturated carbocycles. The van der Waals surface area contributed by atoms with E-state index in [4.69, 9.17) is 4.42 Å². The van der Waals surface area contributed by atoms with E-state index in [1.807, 2.05) is 56.6 Å². The third-order valence-corrected chi connectivity index (χ3v) is 8.44. The van der Waals surface area contributed by atoms with Crippen molar-refractivity contribution in [3.05, 3.63) is 118 Å². The zero-order valence-electron chi connectivity index (χ0n) is 27.4. The number of aliphatic hydroxyl groups is 1. The van der Waals surface area contributed by atoms with Crippen LogP contribution < -0.4 is 10.6 Å². The highest BCUT2D eigenvalue weighted by atomic mass is 16.3. The van der Waals surface area contributed by atoms with Crippen LogP contribution in [0.25, 0.3) is 0 Å². The summed E-state index contributed by atoms with van der Waals surface area (Å²) in [6.45, 7) is 11.6. The molecule has 242 valence electrons. The Hall–Kier alpha value is -4.34. The number of nitrogens with one attached hydrogen (secondary N) is 2. The van der Waals surface area contributed by atoms with Crippen molar-refractivity contribution in [3.8, 4) is 0 Å². The minimum absolute atomic E-state index is 0.0141. The molecule has 1 aliphatic rings. The summed E-state index contributed by atoms with van der Waals surface area (Å²) in [4.78, 5) is 38.1. The molecule has 9 heteroatoms. The van der Waals surface area contributed by atoms with Gasteiger partial charge < -0.3 is 25.1 Å². The van der Waals surface area contributed by atoms with Gasteiger partial charge in [-0.25, -0.2) is 4.98 Å². The maximum Gasteiger partial charge on any atom is 0.254 e. The Morgan fingerprint density at radius 1 is 1.04 bits per heavy atom. The Kier molecular flexibility index (Phi) is 10.3. The SMILES string of the molecule is Cc1cc(C(=O)N[C@@H](Cc2ccccc2)[C@H](O)CNCc2cncc(C(C)(C)C)c2)cc(C(=O)N2CCCC2c2nc(C)co2)c1. The van der Waals surface area contributed by atoms with Gasteiger partial charge in [0.25, 0.3) is 11.8 Å². The van der Waals surface area contributed by atoms with Gasteiger partial charge in [0, 0.05) is 43.2 Å². The molecule has 46 heavy (non-hydrogen) atoms. The van der Waals surface area contributed by atoms with Crippen LogP contribution in [-0.2, 0) is 18.4 Å². The van der Waals surface area contributed by atoms with E-state index in [0.29, 0.717) is 36.5 Å². The summed E-state index contributed by atoms with van der Waals surface area (Å²) in [5.41, 5.74) is 5.53. The number of amides is 2. The number of nitrogens with zero attached hydrogens (tertiary/aromatic N) is 3. The second kappa shape index (κ2) is 14.4. The lowest BCUT2D eigenvalue weighted by atomic mass is 9.88. The quantitative estimate of drug-likeness (QED) is 0.203. The van der Waals surface area contributed by atoms with Crippen LogP contribution in [0.5, 0.6) is 0 Å². The van der Waals surface area contributed by atoms with Crippen LogP contribution in [0.1, 0.15) is 94.2 Å². The number of benzene rings is 2. The molecule has 1 saturated heterocycles. The van der Waals surface area contributed by atoms with Gasteiger partial charge in [-0.3, -0.25) is 14.6 Å². The lowest BCUT2D eigenvalue weighted by Gasteiger charge is -2.26. The summed E-state index contributed by atoms with van der Waals surface area (Å²) in [5, 5.41) is 17.7. The summed E-state index contributed by atoms with van der Waals surface area (Å²) in [5.74, 6) is 0.0331. The van der Waals surface area contributed by atoms with Crippen molar-refractivity contribution >= 4 is 11.8 Å². The fourth-order valence-corrected chi connectivity index (χ4v) is 5.90. The number of aliphatic hydroxyl groups excluding tert-OH is 1. The van der Waals surface area contributed by atoms with E-state index in [1.165, 1.54) is 0 Å². The van der Waals surface area contributed by atoms with Crippen molar-refractivity contribution in [2.45, 2.75) is 84.0 Å². The summed E-state index contributed by atoms with van der Waals surface area (Å²) in [7, 11) is 0. The summed E-state index contributed by atoms with van der Waals surface area (Å²) < 4.78 is 5.64. The van der Waals surface area contributed by atoms with E-state index >= 15 is 0 Å². The zero-order valence-corrected chi connectivity index (χ0v) is 27.4. The molecular weight excluding hydrogens is 578 g/mol. The van der Waals surface area contributed by atoms with E-state index < -0.39 is 12.1 Å². The molecule has 3 atom stereocenters. The first-order chi connectivity index (χ1) is 22.0. The zero-order chi connectivity index (χ0) is 32.8. The number of oxazole rings is 1. The van der Waals surface area contributed by atoms with Crippen molar-refractivity contribution < 1.29 is 19.1 Å². The average molecular weight is 624 g/mol. The molecule has 0 radical (unpaired) electrons. The maximum absolute atomic E-state index is 13.7. The van der Waals surface area contributed by atoms with Gasteiger partial charge in [0.1, 0.15) is 12.3 Å². The normalized spacial score (nSPS) is 16.3. The van der Waals surface area contributed by atoms with Crippen LogP contribution in [-0.4, -0.2) is 57.0 Å². The molecule has 2 aromatic heterocycles. The molecule has 0 bridgehead atoms. The average Bonchev–Trinajstić information content (AvgIpc) is 3.69. The largest absolute Gasteiger partial charge is 0.446 e. The standard InChI is InChI=1S/C37H45N5O4/c1-24-14-28(18-29(15-24)36(45)42-13-9-12-32(42)35-40-25(2)23-46-35)34(44)41-31(17-26-10-7-6-8-11-26)33(43)22-39-20-27-16-30(21-38-19-27)37(3,4)5/h6-8,10-11,14-16,18-19,21,23,31-33,39,43H,9,12-13,17,20,22H2,1-5H3,(H,41,44)/t31-,32?,33+/m0/s1. The monoisotopic (exact) mass is 623 g/mol. The fourth-order valence-electron chi connectivity index (χ4n) is 5.90. The van der Waals surface area contributed by atoms with E-state index in [1.54, 1.807) is 29.4 Å². The van der Waals surface area contributed by atoms with Crippen LogP contribution in [0.3, 0.4) is 0 Å². The number of hydrogen-bond donors (Lipinski definition) is 3. The number of aromatic nitrogens is 2. The molecule has 3 N–H and O–H groups in total. The van der Waals surface area contributed by atoms with Gasteiger partial charge in [-0.1, -0.05) is 57.2 Å². The fraction of sp³-hybridized carbons (Fsp3) is 0.405. The van der Waals surface area contributed by atoms with Crippen LogP contribution >= 0.6 is 0 Å². The van der Waals surface area contributed by atoms with Gasteiger partial charge in [-0.2, -0.15) is 0 Å². The molecule has 1 unspecified atom stereocenters. The maximum atomic E-state index is 13.7. The lowest BCUT2D eigenvalue weighted by Crippen LogP contribution is -2.48. The highest BCUT2D eigenvalue weighted by molar-refractivity contribution is 6.00. The third kappa shape index (κ3) is 8.27. The third-order valence-electron chi connectivity index (χ3n) is 8.44. The molecule has 4 aromatic rings. The second-order valence-corrected chi connectivity index (χ2v) is 13.4. The number of aryl methyl sites for hydroxylation is 2. The van der Waals surface area contributed by atoms with Gasteiger partial charge in [0.05, 0.1) is 17.8 Å². The van der Waals surface area contributed by atoms with Crippen LogP contribution in [0.15, 0.2) is 77.7 Å². The van der Waals surface area contributed by atoms with Crippen molar-refractivity contribution in [1.29, 1.82) is 0 Å². The molecule has 0 aliphatic carbocycles. The van der Waals surface area contributed by atoms with Gasteiger partial charge in [-0.05, 0) is 79.0 Å². The predicted molar refractivity (Wildman–Crippen MR) is 177 cm³/mol. The molecule has 1 aliphatic heterocycles. The smallest absolute Gasteiger partial charge is 0.254 e. The number of likely N-dealkylation sites (tertiary alicyclic amines) is 1. The first-order valence-corrected chi connectivity index (χ1v) is 16.0. The molecule has 2 aromatic carbocycles. The minimum atomic E-state index is -0.872. The number of carbonyl (C=O) groups is 2. The molecule has 9 nitrogen and oxygen atoms in total. The topological polar surface area (TPSA) is 121 Å². The summed E-state index contributed by atoms with van der Waals surface area (Å²) >= 11 is 0. The van der Waals surface area contributed by atoms with Crippen molar-refractivity contribution in [3.63, 3.8) is 0 Å². The van der Waals surface area contributed by atoms with Gasteiger partial charge in [-0.15, -0.1) is 0 Å². The number of rotatable bonds is 11. The Morgan fingerprint density at radius 2 is 1.80 bits per heavy atom. The molecule has 2 amide bonds. The highest BCUT2D eigenvalue weighted by Crippen LogP contribution is 2.33. The van der Waals surface area contributed by atoms with Crippen LogP contribution in [0, 0.1) is 13.8 Å². The van der Waals surface area contributed by atoms with Gasteiger partial charge in [0.2, 0.25) is 5.89 Å². The lowest BCUT2D eigenvalue weighted by molar-refractivity contribution is 0.0715. The van der Waals surface area contributed by atoms with Crippen molar-refractivity contribution in [2.75, 3.05) is 13.1 Å². The molecule has 5 rings (SSSR count). The van der Waals surface area contributed by atoms with Crippen LogP contribution in [0.4, 0.5) is 0 Å². The first kappa shape index (κ1) is 33.0. The molecule has 0 spiro atoms. The number of carbonyl (C=O) groups excluding carboxylic acids is 2. The molecular formula is C37H45N5O4. The Labute approximate surface area is 271 Å². The summed E-state index contributed by atoms with van der Waals surface area (Å²) in [6, 6.07) is 16.3. The van der Waals surface area contributed by atoms with E-state index in [-0.39, 0.29) is 29.8 Å².